The molecule has 3 aromatic carbocycles. The SMILES string of the molecule is CC(C)C1CN(C(=O)C(c2ccc(F)cc2)N(C(=O)CCl)c2ccc(Oc3ccccc3)cc2)CCN1. The smallest absolute Gasteiger partial charge is 0.250 e. The summed E-state index contributed by atoms with van der Waals surface area (Å²) in [5.74, 6) is 0.191. The number of anilines is 1. The van der Waals surface area contributed by atoms with Crippen LogP contribution in [-0.2, 0) is 9.59 Å². The van der Waals surface area contributed by atoms with Crippen molar-refractivity contribution in [1.82, 2.24) is 10.2 Å². The van der Waals surface area contributed by atoms with Gasteiger partial charge in [-0.05, 0) is 60.0 Å². The Bertz CT molecular complexity index is 1190. The summed E-state index contributed by atoms with van der Waals surface area (Å²) >= 11 is 6.04. The summed E-state index contributed by atoms with van der Waals surface area (Å²) in [6.45, 7) is 5.88. The highest BCUT2D eigenvalue weighted by Gasteiger charge is 2.37. The topological polar surface area (TPSA) is 61.9 Å². The zero-order valence-electron chi connectivity index (χ0n) is 20.9. The van der Waals surface area contributed by atoms with Crippen LogP contribution in [0.15, 0.2) is 78.9 Å². The van der Waals surface area contributed by atoms with Crippen LogP contribution < -0.4 is 15.0 Å². The van der Waals surface area contributed by atoms with E-state index in [0.717, 1.165) is 0 Å². The number of benzene rings is 3. The molecule has 1 N–H and O–H groups in total. The number of nitrogens with zero attached hydrogens (tertiary/aromatic N) is 2. The molecule has 0 bridgehead atoms. The van der Waals surface area contributed by atoms with Gasteiger partial charge >= 0.3 is 0 Å². The van der Waals surface area contributed by atoms with Gasteiger partial charge in [0.2, 0.25) is 5.91 Å². The molecular weight excluding hydrogens is 493 g/mol. The molecule has 1 fully saturated rings. The predicted octanol–water partition coefficient (Wildman–Crippen LogP) is 5.39. The number of piperazine rings is 1. The molecule has 37 heavy (non-hydrogen) atoms. The lowest BCUT2D eigenvalue weighted by Crippen LogP contribution is -2.57. The fourth-order valence-electron chi connectivity index (χ4n) is 4.45. The van der Waals surface area contributed by atoms with Crippen LogP contribution in [0.4, 0.5) is 10.1 Å². The molecule has 1 aliphatic heterocycles. The molecule has 2 unspecified atom stereocenters. The number of rotatable bonds is 8. The van der Waals surface area contributed by atoms with Crippen LogP contribution in [0.25, 0.3) is 0 Å². The third kappa shape index (κ3) is 6.48. The van der Waals surface area contributed by atoms with Gasteiger partial charge in [0.05, 0.1) is 0 Å². The maximum absolute atomic E-state index is 14.0. The molecule has 0 aromatic heterocycles. The minimum Gasteiger partial charge on any atom is -0.457 e. The first-order chi connectivity index (χ1) is 17.9. The summed E-state index contributed by atoms with van der Waals surface area (Å²) < 4.78 is 19.7. The van der Waals surface area contributed by atoms with Crippen LogP contribution in [-0.4, -0.2) is 48.3 Å². The average Bonchev–Trinajstić information content (AvgIpc) is 2.93. The molecule has 0 aliphatic carbocycles. The van der Waals surface area contributed by atoms with Gasteiger partial charge < -0.3 is 15.0 Å². The van der Waals surface area contributed by atoms with Crippen molar-refractivity contribution in [2.24, 2.45) is 5.92 Å². The third-order valence-corrected chi connectivity index (χ3v) is 6.71. The monoisotopic (exact) mass is 523 g/mol. The molecule has 6 nitrogen and oxygen atoms in total. The van der Waals surface area contributed by atoms with Crippen molar-refractivity contribution >= 4 is 29.1 Å². The van der Waals surface area contributed by atoms with E-state index in [9.17, 15) is 14.0 Å². The number of ether oxygens (including phenoxy) is 1. The van der Waals surface area contributed by atoms with Gasteiger partial charge in [0, 0.05) is 31.4 Å². The van der Waals surface area contributed by atoms with Crippen LogP contribution in [0.3, 0.4) is 0 Å². The van der Waals surface area contributed by atoms with E-state index in [1.165, 1.54) is 17.0 Å². The summed E-state index contributed by atoms with van der Waals surface area (Å²) in [4.78, 5) is 30.5. The largest absolute Gasteiger partial charge is 0.457 e. The zero-order chi connectivity index (χ0) is 26.4. The number of nitrogens with one attached hydrogen (secondary N) is 1. The summed E-state index contributed by atoms with van der Waals surface area (Å²) in [6.07, 6.45) is 0. The number of carbonyl (C=O) groups excluding carboxylic acids is 2. The molecule has 0 radical (unpaired) electrons. The van der Waals surface area contributed by atoms with Gasteiger partial charge in [-0.2, -0.15) is 0 Å². The van der Waals surface area contributed by atoms with Crippen molar-refractivity contribution in [3.05, 3.63) is 90.2 Å². The van der Waals surface area contributed by atoms with Crippen molar-refractivity contribution in [2.75, 3.05) is 30.4 Å². The maximum atomic E-state index is 14.0. The van der Waals surface area contributed by atoms with Gasteiger partial charge in [-0.3, -0.25) is 14.5 Å². The highest BCUT2D eigenvalue weighted by molar-refractivity contribution is 6.29. The molecule has 194 valence electrons. The predicted molar refractivity (Wildman–Crippen MR) is 144 cm³/mol. The second kappa shape index (κ2) is 12.2. The summed E-state index contributed by atoms with van der Waals surface area (Å²) in [6, 6.07) is 21.1. The molecule has 1 saturated heterocycles. The molecule has 2 amide bonds. The summed E-state index contributed by atoms with van der Waals surface area (Å²) in [5, 5.41) is 3.45. The van der Waals surface area contributed by atoms with E-state index >= 15 is 0 Å². The second-order valence-electron chi connectivity index (χ2n) is 9.35. The molecule has 1 heterocycles. The molecular formula is C29H31ClFN3O3. The molecule has 4 rings (SSSR count). The van der Waals surface area contributed by atoms with E-state index in [-0.39, 0.29) is 17.8 Å². The molecule has 3 aromatic rings. The fourth-order valence-corrected chi connectivity index (χ4v) is 4.57. The Kier molecular flexibility index (Phi) is 8.79. The molecule has 0 saturated carbocycles. The lowest BCUT2D eigenvalue weighted by Gasteiger charge is -2.40. The highest BCUT2D eigenvalue weighted by Crippen LogP contribution is 2.32. The molecule has 0 spiro atoms. The Morgan fingerprint density at radius 1 is 1.03 bits per heavy atom. The van der Waals surface area contributed by atoms with Gasteiger partial charge in [-0.25, -0.2) is 4.39 Å². The van der Waals surface area contributed by atoms with Crippen LogP contribution in [0.2, 0.25) is 0 Å². The minimum atomic E-state index is -1.00. The molecule has 2 atom stereocenters. The van der Waals surface area contributed by atoms with Crippen molar-refractivity contribution in [2.45, 2.75) is 25.9 Å². The number of halogens is 2. The third-order valence-electron chi connectivity index (χ3n) is 6.48. The first-order valence-electron chi connectivity index (χ1n) is 12.4. The maximum Gasteiger partial charge on any atom is 0.250 e. The molecule has 8 heteroatoms. The van der Waals surface area contributed by atoms with Crippen LogP contribution >= 0.6 is 11.6 Å². The average molecular weight is 524 g/mol. The van der Waals surface area contributed by atoms with Crippen LogP contribution in [0.5, 0.6) is 11.5 Å². The number of carbonyl (C=O) groups is 2. The van der Waals surface area contributed by atoms with Crippen molar-refractivity contribution in [3.63, 3.8) is 0 Å². The lowest BCUT2D eigenvalue weighted by atomic mass is 9.98. The Morgan fingerprint density at radius 3 is 2.30 bits per heavy atom. The van der Waals surface area contributed by atoms with Gasteiger partial charge in [-0.1, -0.05) is 44.2 Å². The summed E-state index contributed by atoms with van der Waals surface area (Å²) in [5.41, 5.74) is 0.999. The summed E-state index contributed by atoms with van der Waals surface area (Å²) in [7, 11) is 0. The van der Waals surface area contributed by atoms with Crippen molar-refractivity contribution in [1.29, 1.82) is 0 Å². The van der Waals surface area contributed by atoms with Crippen molar-refractivity contribution < 1.29 is 18.7 Å². The highest BCUT2D eigenvalue weighted by atomic mass is 35.5. The van der Waals surface area contributed by atoms with E-state index < -0.39 is 17.8 Å². The Balaban J connectivity index is 1.70. The first kappa shape index (κ1) is 26.6. The normalized spacial score (nSPS) is 16.4. The van der Waals surface area contributed by atoms with Crippen molar-refractivity contribution in [3.8, 4) is 11.5 Å². The molecule has 1 aliphatic rings. The van der Waals surface area contributed by atoms with Gasteiger partial charge in [-0.15, -0.1) is 11.6 Å². The minimum absolute atomic E-state index is 0.137. The van der Waals surface area contributed by atoms with E-state index in [2.05, 4.69) is 19.2 Å². The lowest BCUT2D eigenvalue weighted by molar-refractivity contribution is -0.135. The Labute approximate surface area is 222 Å². The van der Waals surface area contributed by atoms with Gasteiger partial charge in [0.15, 0.2) is 0 Å². The Morgan fingerprint density at radius 2 is 1.68 bits per heavy atom. The van der Waals surface area contributed by atoms with E-state index in [1.807, 2.05) is 30.3 Å². The number of para-hydroxylation sites is 1. The quantitative estimate of drug-likeness (QED) is 0.402. The van der Waals surface area contributed by atoms with Crippen LogP contribution in [0.1, 0.15) is 25.5 Å². The van der Waals surface area contributed by atoms with Crippen LogP contribution in [0, 0.1) is 11.7 Å². The second-order valence-corrected chi connectivity index (χ2v) is 9.62. The number of hydrogen-bond donors (Lipinski definition) is 1. The van der Waals surface area contributed by atoms with E-state index in [0.29, 0.717) is 48.3 Å². The van der Waals surface area contributed by atoms with E-state index in [4.69, 9.17) is 16.3 Å². The Hall–Kier alpha value is -3.42. The number of alkyl halides is 1. The van der Waals surface area contributed by atoms with Gasteiger partial charge in [0.25, 0.3) is 5.91 Å². The zero-order valence-corrected chi connectivity index (χ0v) is 21.7. The number of hydrogen-bond acceptors (Lipinski definition) is 4. The standard InChI is InChI=1S/C29H31ClFN3O3/c1-20(2)26-19-33(17-16-32-26)29(36)28(21-8-10-22(31)11-9-21)34(27(35)18-30)23-12-14-25(15-13-23)37-24-6-4-3-5-7-24/h3-15,20,26,28,32H,16-19H2,1-2H3. The first-order valence-corrected chi connectivity index (χ1v) is 12.9. The van der Waals surface area contributed by atoms with Gasteiger partial charge in [0.1, 0.15) is 29.2 Å². The van der Waals surface area contributed by atoms with E-state index in [1.54, 1.807) is 41.3 Å². The number of amides is 2. The fraction of sp³-hybridized carbons (Fsp3) is 0.310.